The molecular formula is C12H21N3OS. The van der Waals surface area contributed by atoms with E-state index in [1.54, 1.807) is 0 Å². The van der Waals surface area contributed by atoms with Gasteiger partial charge in [0.15, 0.2) is 0 Å². The van der Waals surface area contributed by atoms with Crippen molar-refractivity contribution in [1.82, 2.24) is 9.36 Å². The maximum absolute atomic E-state index is 5.49. The van der Waals surface area contributed by atoms with Crippen LogP contribution >= 0.6 is 11.5 Å². The first-order chi connectivity index (χ1) is 8.40. The lowest BCUT2D eigenvalue weighted by atomic mass is 10.4. The van der Waals surface area contributed by atoms with Crippen LogP contribution in [0.4, 0.5) is 5.13 Å². The molecule has 17 heavy (non-hydrogen) atoms. The van der Waals surface area contributed by atoms with E-state index in [4.69, 9.17) is 4.74 Å². The SMILES string of the molecule is CCCCOCCCNc1nc(C2CC2)ns1. The predicted molar refractivity (Wildman–Crippen MR) is 70.7 cm³/mol. The Balaban J connectivity index is 1.52. The monoisotopic (exact) mass is 255 g/mol. The first-order valence-electron chi connectivity index (χ1n) is 6.55. The lowest BCUT2D eigenvalue weighted by Crippen LogP contribution is -2.06. The van der Waals surface area contributed by atoms with Gasteiger partial charge >= 0.3 is 0 Å². The lowest BCUT2D eigenvalue weighted by molar-refractivity contribution is 0.131. The van der Waals surface area contributed by atoms with Gasteiger partial charge in [0, 0.05) is 37.2 Å². The number of hydrogen-bond acceptors (Lipinski definition) is 5. The van der Waals surface area contributed by atoms with Crippen molar-refractivity contribution in [2.45, 2.75) is 44.9 Å². The largest absolute Gasteiger partial charge is 0.381 e. The van der Waals surface area contributed by atoms with Gasteiger partial charge in [0.2, 0.25) is 5.13 Å². The van der Waals surface area contributed by atoms with Crippen molar-refractivity contribution in [3.63, 3.8) is 0 Å². The molecule has 0 spiro atoms. The second-order valence-corrected chi connectivity index (χ2v) is 5.23. The molecule has 0 saturated heterocycles. The molecule has 96 valence electrons. The summed E-state index contributed by atoms with van der Waals surface area (Å²) in [4.78, 5) is 4.47. The number of ether oxygens (including phenoxy) is 1. The molecule has 0 bridgehead atoms. The highest BCUT2D eigenvalue weighted by Crippen LogP contribution is 2.39. The first kappa shape index (κ1) is 12.8. The first-order valence-corrected chi connectivity index (χ1v) is 7.32. The molecule has 5 heteroatoms. The molecule has 0 amide bonds. The minimum absolute atomic E-state index is 0.652. The Morgan fingerprint density at radius 1 is 1.35 bits per heavy atom. The molecule has 1 aliphatic rings. The van der Waals surface area contributed by atoms with E-state index < -0.39 is 0 Å². The fraction of sp³-hybridized carbons (Fsp3) is 0.833. The molecule has 1 fully saturated rings. The van der Waals surface area contributed by atoms with Gasteiger partial charge in [-0.05, 0) is 25.7 Å². The molecule has 1 N–H and O–H groups in total. The summed E-state index contributed by atoms with van der Waals surface area (Å²) in [6, 6.07) is 0. The highest BCUT2D eigenvalue weighted by Gasteiger charge is 2.27. The Morgan fingerprint density at radius 2 is 2.18 bits per heavy atom. The quantitative estimate of drug-likeness (QED) is 0.689. The number of aromatic nitrogens is 2. The third-order valence-corrected chi connectivity index (χ3v) is 3.46. The Labute approximate surface area is 107 Å². The molecule has 1 heterocycles. The lowest BCUT2D eigenvalue weighted by Gasteiger charge is -2.03. The van der Waals surface area contributed by atoms with Gasteiger partial charge < -0.3 is 10.1 Å². The molecule has 0 radical (unpaired) electrons. The number of anilines is 1. The van der Waals surface area contributed by atoms with Crippen LogP contribution in [-0.2, 0) is 4.74 Å². The highest BCUT2D eigenvalue weighted by molar-refractivity contribution is 7.09. The van der Waals surface area contributed by atoms with Gasteiger partial charge in [-0.25, -0.2) is 4.98 Å². The Bertz CT molecular complexity index is 325. The van der Waals surface area contributed by atoms with E-state index in [-0.39, 0.29) is 0 Å². The summed E-state index contributed by atoms with van der Waals surface area (Å²) in [5, 5.41) is 4.26. The van der Waals surface area contributed by atoms with Crippen molar-refractivity contribution in [3.05, 3.63) is 5.82 Å². The third kappa shape index (κ3) is 4.60. The van der Waals surface area contributed by atoms with Gasteiger partial charge in [-0.15, -0.1) is 0 Å². The van der Waals surface area contributed by atoms with E-state index in [0.29, 0.717) is 5.92 Å². The average molecular weight is 255 g/mol. The summed E-state index contributed by atoms with van der Waals surface area (Å²) in [5.41, 5.74) is 0. The molecule has 1 aromatic heterocycles. The number of nitrogens with zero attached hydrogens (tertiary/aromatic N) is 2. The van der Waals surface area contributed by atoms with Crippen molar-refractivity contribution in [3.8, 4) is 0 Å². The third-order valence-electron chi connectivity index (χ3n) is 2.77. The number of nitrogens with one attached hydrogen (secondary N) is 1. The standard InChI is InChI=1S/C12H21N3OS/c1-2-3-8-16-9-4-7-13-12-14-11(15-17-12)10-5-6-10/h10H,2-9H2,1H3,(H,13,14,15). The molecule has 1 aliphatic carbocycles. The van der Waals surface area contributed by atoms with Crippen LogP contribution in [0.3, 0.4) is 0 Å². The summed E-state index contributed by atoms with van der Waals surface area (Å²) >= 11 is 1.48. The second-order valence-electron chi connectivity index (χ2n) is 4.48. The van der Waals surface area contributed by atoms with E-state index >= 15 is 0 Å². The molecule has 0 aliphatic heterocycles. The number of hydrogen-bond donors (Lipinski definition) is 1. The molecule has 0 aromatic carbocycles. The van der Waals surface area contributed by atoms with Gasteiger partial charge in [0.1, 0.15) is 5.82 Å². The van der Waals surface area contributed by atoms with E-state index in [1.807, 2.05) is 0 Å². The molecule has 0 unspecified atom stereocenters. The zero-order chi connectivity index (χ0) is 11.9. The summed E-state index contributed by atoms with van der Waals surface area (Å²) < 4.78 is 9.85. The summed E-state index contributed by atoms with van der Waals surface area (Å²) in [5.74, 6) is 1.69. The zero-order valence-electron chi connectivity index (χ0n) is 10.4. The fourth-order valence-corrected chi connectivity index (χ4v) is 2.20. The highest BCUT2D eigenvalue weighted by atomic mass is 32.1. The van der Waals surface area contributed by atoms with Crippen molar-refractivity contribution < 1.29 is 4.74 Å². The minimum atomic E-state index is 0.652. The summed E-state index contributed by atoms with van der Waals surface area (Å²) in [6.45, 7) is 4.83. The van der Waals surface area contributed by atoms with E-state index in [2.05, 4.69) is 21.6 Å². The van der Waals surface area contributed by atoms with Crippen LogP contribution in [0.2, 0.25) is 0 Å². The van der Waals surface area contributed by atoms with Crippen LogP contribution in [0.5, 0.6) is 0 Å². The van der Waals surface area contributed by atoms with Gasteiger partial charge in [0.05, 0.1) is 0 Å². The van der Waals surface area contributed by atoms with Gasteiger partial charge in [0.25, 0.3) is 0 Å². The van der Waals surface area contributed by atoms with Gasteiger partial charge in [-0.3, -0.25) is 0 Å². The second kappa shape index (κ2) is 6.91. The molecule has 4 nitrogen and oxygen atoms in total. The Morgan fingerprint density at radius 3 is 2.94 bits per heavy atom. The molecule has 0 atom stereocenters. The normalized spacial score (nSPS) is 15.1. The fourth-order valence-electron chi connectivity index (χ4n) is 1.53. The molecule has 1 saturated carbocycles. The summed E-state index contributed by atoms with van der Waals surface area (Å²) in [6.07, 6.45) is 5.92. The molecular weight excluding hydrogens is 234 g/mol. The topological polar surface area (TPSA) is 47.0 Å². The van der Waals surface area contributed by atoms with Gasteiger partial charge in [-0.1, -0.05) is 13.3 Å². The average Bonchev–Trinajstić information content (AvgIpc) is 3.09. The number of unbranched alkanes of at least 4 members (excludes halogenated alkanes) is 1. The van der Waals surface area contributed by atoms with Crippen LogP contribution in [-0.4, -0.2) is 29.1 Å². The zero-order valence-corrected chi connectivity index (χ0v) is 11.3. The van der Waals surface area contributed by atoms with Crippen molar-refractivity contribution in [1.29, 1.82) is 0 Å². The smallest absolute Gasteiger partial charge is 0.202 e. The van der Waals surface area contributed by atoms with Crippen LogP contribution in [0.25, 0.3) is 0 Å². The van der Waals surface area contributed by atoms with Crippen molar-refractivity contribution >= 4 is 16.7 Å². The Kier molecular flexibility index (Phi) is 5.19. The van der Waals surface area contributed by atoms with Crippen LogP contribution in [0, 0.1) is 0 Å². The maximum Gasteiger partial charge on any atom is 0.202 e. The van der Waals surface area contributed by atoms with Crippen molar-refractivity contribution in [2.75, 3.05) is 25.1 Å². The predicted octanol–water partition coefficient (Wildman–Crippen LogP) is 3.03. The van der Waals surface area contributed by atoms with E-state index in [1.165, 1.54) is 30.8 Å². The van der Waals surface area contributed by atoms with Crippen LogP contribution < -0.4 is 5.32 Å². The van der Waals surface area contributed by atoms with E-state index in [0.717, 1.165) is 43.6 Å². The Hall–Kier alpha value is -0.680. The van der Waals surface area contributed by atoms with Crippen LogP contribution in [0.15, 0.2) is 0 Å². The van der Waals surface area contributed by atoms with E-state index in [9.17, 15) is 0 Å². The van der Waals surface area contributed by atoms with Crippen LogP contribution in [0.1, 0.15) is 50.8 Å². The van der Waals surface area contributed by atoms with Gasteiger partial charge in [-0.2, -0.15) is 4.37 Å². The molecule has 1 aromatic rings. The maximum atomic E-state index is 5.49. The minimum Gasteiger partial charge on any atom is -0.381 e. The number of rotatable bonds is 9. The van der Waals surface area contributed by atoms with Crippen molar-refractivity contribution in [2.24, 2.45) is 0 Å². The summed E-state index contributed by atoms with van der Waals surface area (Å²) in [7, 11) is 0. The molecule has 2 rings (SSSR count).